The molecule has 0 aliphatic rings. The van der Waals surface area contributed by atoms with Gasteiger partial charge in [0.05, 0.1) is 12.1 Å². The van der Waals surface area contributed by atoms with Gasteiger partial charge in [-0.25, -0.2) is 9.78 Å². The van der Waals surface area contributed by atoms with Gasteiger partial charge in [-0.3, -0.25) is 4.79 Å². The molecule has 3 aromatic carbocycles. The number of aryl methyl sites for hydroxylation is 2. The van der Waals surface area contributed by atoms with E-state index < -0.39 is 18.0 Å². The summed E-state index contributed by atoms with van der Waals surface area (Å²) in [6.45, 7) is 6.04. The van der Waals surface area contributed by atoms with Crippen LogP contribution in [0.15, 0.2) is 83.3 Å². The molecule has 0 spiro atoms. The van der Waals surface area contributed by atoms with E-state index in [1.165, 1.54) is 0 Å². The molecule has 0 saturated carbocycles. The fourth-order valence-electron chi connectivity index (χ4n) is 3.99. The van der Waals surface area contributed by atoms with E-state index in [9.17, 15) is 9.59 Å². The van der Waals surface area contributed by atoms with E-state index in [1.807, 2.05) is 86.6 Å². The van der Waals surface area contributed by atoms with E-state index in [1.54, 1.807) is 13.0 Å². The number of rotatable bonds is 11. The molecule has 0 aliphatic carbocycles. The van der Waals surface area contributed by atoms with Gasteiger partial charge in [-0.2, -0.15) is 0 Å². The fourth-order valence-corrected chi connectivity index (χ4v) is 3.99. The van der Waals surface area contributed by atoms with E-state index in [0.29, 0.717) is 36.1 Å². The third kappa shape index (κ3) is 7.17. The van der Waals surface area contributed by atoms with Crippen LogP contribution in [0.25, 0.3) is 11.5 Å². The van der Waals surface area contributed by atoms with Gasteiger partial charge in [0, 0.05) is 18.6 Å². The molecule has 0 amide bonds. The largest absolute Gasteiger partial charge is 0.459 e. The number of hydrogen-bond acceptors (Lipinski definition) is 7. The van der Waals surface area contributed by atoms with Crippen LogP contribution < -0.4 is 4.74 Å². The molecule has 1 aromatic heterocycles. The zero-order chi connectivity index (χ0) is 26.9. The van der Waals surface area contributed by atoms with E-state index in [4.69, 9.17) is 18.6 Å². The molecule has 4 rings (SSSR count). The summed E-state index contributed by atoms with van der Waals surface area (Å²) < 4.78 is 22.5. The molecular weight excluding hydrogens is 482 g/mol. The van der Waals surface area contributed by atoms with Crippen molar-refractivity contribution < 1.29 is 28.2 Å². The van der Waals surface area contributed by atoms with Gasteiger partial charge >= 0.3 is 11.9 Å². The molecule has 0 aliphatic heterocycles. The normalized spacial score (nSPS) is 11.7. The second-order valence-corrected chi connectivity index (χ2v) is 8.88. The first-order chi connectivity index (χ1) is 18.4. The van der Waals surface area contributed by atoms with Crippen molar-refractivity contribution in [2.24, 2.45) is 0 Å². The van der Waals surface area contributed by atoms with E-state index in [0.717, 1.165) is 22.3 Å². The number of oxazole rings is 1. The van der Waals surface area contributed by atoms with Gasteiger partial charge in [-0.05, 0) is 55.7 Å². The molecule has 4 aromatic rings. The van der Waals surface area contributed by atoms with Crippen molar-refractivity contribution in [2.75, 3.05) is 6.61 Å². The first-order valence-corrected chi connectivity index (χ1v) is 12.6. The SMILES string of the molecule is CCOC(Cc1ccc(OC(=O)Cc2nc(-c3ccccc3)oc2C)c(C)c1)C(=O)OCc1ccccc1. The lowest BCUT2D eigenvalue weighted by molar-refractivity contribution is -0.158. The van der Waals surface area contributed by atoms with E-state index >= 15 is 0 Å². The number of ether oxygens (including phenoxy) is 3. The van der Waals surface area contributed by atoms with Crippen LogP contribution in [-0.2, 0) is 38.5 Å². The summed E-state index contributed by atoms with van der Waals surface area (Å²) in [5.74, 6) is 0.643. The summed E-state index contributed by atoms with van der Waals surface area (Å²) in [6.07, 6.45) is -0.398. The molecule has 0 saturated heterocycles. The van der Waals surface area contributed by atoms with Crippen LogP contribution in [0.1, 0.15) is 35.1 Å². The maximum atomic E-state index is 12.7. The van der Waals surface area contributed by atoms with Crippen molar-refractivity contribution in [1.29, 1.82) is 0 Å². The molecule has 0 fully saturated rings. The van der Waals surface area contributed by atoms with Gasteiger partial charge in [0.1, 0.15) is 18.1 Å². The summed E-state index contributed by atoms with van der Waals surface area (Å²) in [5.41, 5.74) is 3.94. The maximum Gasteiger partial charge on any atom is 0.335 e. The zero-order valence-electron chi connectivity index (χ0n) is 21.8. The highest BCUT2D eigenvalue weighted by Crippen LogP contribution is 2.24. The Morgan fingerprint density at radius 1 is 0.921 bits per heavy atom. The van der Waals surface area contributed by atoms with Crippen molar-refractivity contribution in [1.82, 2.24) is 4.98 Å². The van der Waals surface area contributed by atoms with Crippen LogP contribution in [-0.4, -0.2) is 29.6 Å². The highest BCUT2D eigenvalue weighted by molar-refractivity contribution is 5.76. The van der Waals surface area contributed by atoms with Crippen LogP contribution >= 0.6 is 0 Å². The maximum absolute atomic E-state index is 12.7. The van der Waals surface area contributed by atoms with Crippen LogP contribution in [0.5, 0.6) is 5.75 Å². The minimum absolute atomic E-state index is 0.0109. The topological polar surface area (TPSA) is 87.9 Å². The molecule has 7 heteroatoms. The molecule has 0 N–H and O–H groups in total. The Hall–Kier alpha value is -4.23. The molecular formula is C31H31NO6. The van der Waals surface area contributed by atoms with Crippen LogP contribution in [0, 0.1) is 13.8 Å². The predicted molar refractivity (Wildman–Crippen MR) is 143 cm³/mol. The highest BCUT2D eigenvalue weighted by atomic mass is 16.6. The molecule has 1 heterocycles. The van der Waals surface area contributed by atoms with Gasteiger partial charge < -0.3 is 18.6 Å². The standard InChI is InChI=1S/C31H31NO6/c1-4-35-28(31(34)36-20-23-11-7-5-8-12-23)18-24-15-16-27(21(2)17-24)38-29(33)19-26-22(3)37-30(32-26)25-13-9-6-10-14-25/h5-17,28H,4,18-20H2,1-3H3. The quantitative estimate of drug-likeness (QED) is 0.185. The molecule has 196 valence electrons. The molecule has 7 nitrogen and oxygen atoms in total. The predicted octanol–water partition coefficient (Wildman–Crippen LogP) is 5.80. The van der Waals surface area contributed by atoms with Gasteiger partial charge in [-0.1, -0.05) is 60.7 Å². The summed E-state index contributed by atoms with van der Waals surface area (Å²) in [7, 11) is 0. The van der Waals surface area contributed by atoms with E-state index in [2.05, 4.69) is 4.98 Å². The highest BCUT2D eigenvalue weighted by Gasteiger charge is 2.22. The number of aromatic nitrogens is 1. The van der Waals surface area contributed by atoms with Crippen LogP contribution in [0.4, 0.5) is 0 Å². The number of hydrogen-bond donors (Lipinski definition) is 0. The minimum atomic E-state index is -0.731. The number of benzene rings is 3. The Balaban J connectivity index is 1.36. The van der Waals surface area contributed by atoms with Gasteiger partial charge in [-0.15, -0.1) is 0 Å². The van der Waals surface area contributed by atoms with E-state index in [-0.39, 0.29) is 13.0 Å². The Labute approximate surface area is 222 Å². The fraction of sp³-hybridized carbons (Fsp3) is 0.258. The average Bonchev–Trinajstić information content (AvgIpc) is 3.29. The lowest BCUT2D eigenvalue weighted by Gasteiger charge is -2.17. The molecule has 38 heavy (non-hydrogen) atoms. The van der Waals surface area contributed by atoms with Crippen molar-refractivity contribution in [2.45, 2.75) is 46.3 Å². The Kier molecular flexibility index (Phi) is 9.06. The third-order valence-electron chi connectivity index (χ3n) is 5.96. The summed E-state index contributed by atoms with van der Waals surface area (Å²) in [5, 5.41) is 0. The minimum Gasteiger partial charge on any atom is -0.459 e. The molecule has 0 bridgehead atoms. The lowest BCUT2D eigenvalue weighted by Crippen LogP contribution is -2.29. The van der Waals surface area contributed by atoms with Crippen molar-refractivity contribution in [3.8, 4) is 17.2 Å². The van der Waals surface area contributed by atoms with Crippen molar-refractivity contribution in [3.05, 3.63) is 107 Å². The monoisotopic (exact) mass is 513 g/mol. The average molecular weight is 514 g/mol. The number of nitrogens with zero attached hydrogens (tertiary/aromatic N) is 1. The number of esters is 2. The summed E-state index contributed by atoms with van der Waals surface area (Å²) >= 11 is 0. The van der Waals surface area contributed by atoms with Gasteiger partial charge in [0.2, 0.25) is 5.89 Å². The Morgan fingerprint density at radius 2 is 1.63 bits per heavy atom. The first kappa shape index (κ1) is 26.8. The summed E-state index contributed by atoms with van der Waals surface area (Å²) in [6, 6.07) is 24.5. The first-order valence-electron chi connectivity index (χ1n) is 12.6. The molecule has 0 radical (unpaired) electrons. The van der Waals surface area contributed by atoms with Crippen molar-refractivity contribution in [3.63, 3.8) is 0 Å². The Morgan fingerprint density at radius 3 is 2.32 bits per heavy atom. The lowest BCUT2D eigenvalue weighted by atomic mass is 10.0. The third-order valence-corrected chi connectivity index (χ3v) is 5.96. The van der Waals surface area contributed by atoms with Gasteiger partial charge in [0.25, 0.3) is 0 Å². The van der Waals surface area contributed by atoms with Crippen molar-refractivity contribution >= 4 is 11.9 Å². The smallest absolute Gasteiger partial charge is 0.335 e. The molecule has 1 atom stereocenters. The number of carbonyl (C=O) groups is 2. The summed E-state index contributed by atoms with van der Waals surface area (Å²) in [4.78, 5) is 29.8. The zero-order valence-corrected chi connectivity index (χ0v) is 21.8. The second kappa shape index (κ2) is 12.8. The second-order valence-electron chi connectivity index (χ2n) is 8.88. The van der Waals surface area contributed by atoms with Crippen LogP contribution in [0.3, 0.4) is 0 Å². The van der Waals surface area contributed by atoms with Gasteiger partial charge in [0.15, 0.2) is 6.10 Å². The number of carbonyl (C=O) groups excluding carboxylic acids is 2. The Bertz CT molecular complexity index is 1360. The molecule has 1 unspecified atom stereocenters. The van der Waals surface area contributed by atoms with Crippen LogP contribution in [0.2, 0.25) is 0 Å².